The van der Waals surface area contributed by atoms with Gasteiger partial charge in [0.1, 0.15) is 0 Å². The molecule has 0 aliphatic heterocycles. The number of sulfone groups is 1. The van der Waals surface area contributed by atoms with Gasteiger partial charge in [0.15, 0.2) is 9.84 Å². The maximum Gasteiger partial charge on any atom is 0.269 e. The number of aromatic amines is 1. The number of aryl methyl sites for hydroxylation is 1. The summed E-state index contributed by atoms with van der Waals surface area (Å²) in [6.07, 6.45) is 1.80. The van der Waals surface area contributed by atoms with Crippen LogP contribution in [0, 0.1) is 11.3 Å². The summed E-state index contributed by atoms with van der Waals surface area (Å²) in [5.74, 6) is -0.176. The Bertz CT molecular complexity index is 589. The Hall–Kier alpha value is -1.55. The second kappa shape index (κ2) is 5.19. The Kier molecular flexibility index (Phi) is 4.12. The second-order valence-corrected chi connectivity index (χ2v) is 6.00. The zero-order valence-corrected chi connectivity index (χ0v) is 10.7. The molecule has 6 nitrogen and oxygen atoms in total. The lowest BCUT2D eigenvalue weighted by Gasteiger charge is -1.98. The molecule has 1 aromatic heterocycles. The van der Waals surface area contributed by atoms with E-state index in [1.165, 1.54) is 4.68 Å². The fourth-order valence-corrected chi connectivity index (χ4v) is 2.40. The zero-order valence-electron chi connectivity index (χ0n) is 9.86. The summed E-state index contributed by atoms with van der Waals surface area (Å²) in [5, 5.41) is 11.2. The van der Waals surface area contributed by atoms with Crippen LogP contribution in [0.4, 0.5) is 0 Å². The average Bonchev–Trinajstić information content (AvgIpc) is 2.49. The number of hydrogen-bond acceptors (Lipinski definition) is 4. The lowest BCUT2D eigenvalue weighted by molar-refractivity contribution is 0.591. The molecule has 0 amide bonds. The van der Waals surface area contributed by atoms with E-state index >= 15 is 0 Å². The summed E-state index contributed by atoms with van der Waals surface area (Å²) in [7, 11) is -3.18. The SMILES string of the molecule is CCc1c(CS(C)(=O)=O)[nH]n(CCC#N)c1=O. The van der Waals surface area contributed by atoms with Gasteiger partial charge in [-0.3, -0.25) is 14.6 Å². The summed E-state index contributed by atoms with van der Waals surface area (Å²) >= 11 is 0. The predicted molar refractivity (Wildman–Crippen MR) is 63.2 cm³/mol. The highest BCUT2D eigenvalue weighted by Gasteiger charge is 2.16. The molecule has 1 heterocycles. The third-order valence-corrected chi connectivity index (χ3v) is 3.16. The van der Waals surface area contributed by atoms with Gasteiger partial charge in [-0.05, 0) is 6.42 Å². The minimum atomic E-state index is -3.18. The lowest BCUT2D eigenvalue weighted by atomic mass is 10.2. The van der Waals surface area contributed by atoms with E-state index in [0.29, 0.717) is 17.7 Å². The highest BCUT2D eigenvalue weighted by atomic mass is 32.2. The number of nitriles is 1. The first-order valence-corrected chi connectivity index (χ1v) is 7.30. The standard InChI is InChI=1S/C10H15N3O3S/c1-3-8-9(7-17(2,15)16)12-13(10(8)14)6-4-5-11/h12H,3-4,6-7H2,1-2H3. The highest BCUT2D eigenvalue weighted by molar-refractivity contribution is 7.89. The molecule has 0 aliphatic carbocycles. The number of nitrogens with zero attached hydrogens (tertiary/aromatic N) is 2. The van der Waals surface area contributed by atoms with E-state index in [1.54, 1.807) is 6.92 Å². The van der Waals surface area contributed by atoms with Crippen LogP contribution in [0.3, 0.4) is 0 Å². The van der Waals surface area contributed by atoms with E-state index in [4.69, 9.17) is 5.26 Å². The van der Waals surface area contributed by atoms with Crippen molar-refractivity contribution >= 4 is 9.84 Å². The van der Waals surface area contributed by atoms with Crippen LogP contribution < -0.4 is 5.56 Å². The van der Waals surface area contributed by atoms with Crippen LogP contribution in [0.25, 0.3) is 0 Å². The molecular weight excluding hydrogens is 242 g/mol. The molecule has 0 radical (unpaired) electrons. The van der Waals surface area contributed by atoms with Gasteiger partial charge in [-0.1, -0.05) is 6.92 Å². The first-order valence-electron chi connectivity index (χ1n) is 5.24. The minimum absolute atomic E-state index is 0.176. The van der Waals surface area contributed by atoms with Crippen LogP contribution in [0.5, 0.6) is 0 Å². The largest absolute Gasteiger partial charge is 0.298 e. The van der Waals surface area contributed by atoms with Crippen molar-refractivity contribution < 1.29 is 8.42 Å². The number of nitrogens with one attached hydrogen (secondary N) is 1. The van der Waals surface area contributed by atoms with Gasteiger partial charge in [-0.15, -0.1) is 0 Å². The van der Waals surface area contributed by atoms with Crippen molar-refractivity contribution in [3.8, 4) is 6.07 Å². The third-order valence-electron chi connectivity index (χ3n) is 2.34. The Morgan fingerprint density at radius 1 is 1.47 bits per heavy atom. The van der Waals surface area contributed by atoms with Crippen LogP contribution >= 0.6 is 0 Å². The van der Waals surface area contributed by atoms with Gasteiger partial charge < -0.3 is 0 Å². The Balaban J connectivity index is 3.15. The summed E-state index contributed by atoms with van der Waals surface area (Å²) in [5.41, 5.74) is 0.674. The number of rotatable bonds is 5. The van der Waals surface area contributed by atoms with E-state index in [-0.39, 0.29) is 24.3 Å². The number of H-pyrrole nitrogens is 1. The van der Waals surface area contributed by atoms with Crippen molar-refractivity contribution in [1.29, 1.82) is 5.26 Å². The maximum absolute atomic E-state index is 11.8. The van der Waals surface area contributed by atoms with Crippen LogP contribution in [-0.2, 0) is 28.6 Å². The van der Waals surface area contributed by atoms with Gasteiger partial charge in [0.2, 0.25) is 0 Å². The topological polar surface area (TPSA) is 95.7 Å². The molecule has 0 spiro atoms. The summed E-state index contributed by atoms with van der Waals surface area (Å²) in [6, 6.07) is 1.94. The number of aromatic nitrogens is 2. The monoisotopic (exact) mass is 257 g/mol. The van der Waals surface area contributed by atoms with Crippen molar-refractivity contribution in [2.75, 3.05) is 6.26 Å². The first-order chi connectivity index (χ1) is 7.89. The van der Waals surface area contributed by atoms with E-state index < -0.39 is 9.84 Å². The highest BCUT2D eigenvalue weighted by Crippen LogP contribution is 2.07. The Morgan fingerprint density at radius 3 is 2.59 bits per heavy atom. The molecule has 0 bridgehead atoms. The van der Waals surface area contributed by atoms with Crippen LogP contribution in [0.2, 0.25) is 0 Å². The van der Waals surface area contributed by atoms with Gasteiger partial charge >= 0.3 is 0 Å². The second-order valence-electron chi connectivity index (χ2n) is 3.86. The van der Waals surface area contributed by atoms with Crippen molar-refractivity contribution in [3.05, 3.63) is 21.6 Å². The quantitative estimate of drug-likeness (QED) is 0.814. The van der Waals surface area contributed by atoms with Gasteiger partial charge in [-0.25, -0.2) is 8.42 Å². The molecule has 0 atom stereocenters. The van der Waals surface area contributed by atoms with Crippen molar-refractivity contribution in [2.45, 2.75) is 32.1 Å². The molecule has 0 saturated carbocycles. The van der Waals surface area contributed by atoms with Gasteiger partial charge in [0, 0.05) is 11.8 Å². The molecule has 0 fully saturated rings. The average molecular weight is 257 g/mol. The predicted octanol–water partition coefficient (Wildman–Crippen LogP) is 0.197. The minimum Gasteiger partial charge on any atom is -0.298 e. The fourth-order valence-electron chi connectivity index (χ4n) is 1.64. The molecule has 17 heavy (non-hydrogen) atoms. The van der Waals surface area contributed by atoms with Crippen molar-refractivity contribution in [3.63, 3.8) is 0 Å². The van der Waals surface area contributed by atoms with Crippen LogP contribution in [0.1, 0.15) is 24.6 Å². The van der Waals surface area contributed by atoms with E-state index in [9.17, 15) is 13.2 Å². The molecule has 1 N–H and O–H groups in total. The van der Waals surface area contributed by atoms with E-state index in [0.717, 1.165) is 6.26 Å². The summed E-state index contributed by atoms with van der Waals surface area (Å²) in [4.78, 5) is 11.8. The molecule has 94 valence electrons. The zero-order chi connectivity index (χ0) is 13.1. The smallest absolute Gasteiger partial charge is 0.269 e. The van der Waals surface area contributed by atoms with Gasteiger partial charge in [0.05, 0.1) is 30.5 Å². The third kappa shape index (κ3) is 3.46. The lowest BCUT2D eigenvalue weighted by Crippen LogP contribution is -2.18. The number of hydrogen-bond donors (Lipinski definition) is 1. The van der Waals surface area contributed by atoms with Crippen LogP contribution in [-0.4, -0.2) is 24.5 Å². The van der Waals surface area contributed by atoms with Gasteiger partial charge in [0.25, 0.3) is 5.56 Å². The molecule has 0 aromatic carbocycles. The molecule has 1 rings (SSSR count). The summed E-state index contributed by atoms with van der Waals surface area (Å²) in [6.45, 7) is 2.05. The van der Waals surface area contributed by atoms with Gasteiger partial charge in [-0.2, -0.15) is 5.26 Å². The fraction of sp³-hybridized carbons (Fsp3) is 0.600. The molecule has 0 saturated heterocycles. The van der Waals surface area contributed by atoms with Crippen molar-refractivity contribution in [2.24, 2.45) is 0 Å². The van der Waals surface area contributed by atoms with Crippen LogP contribution in [0.15, 0.2) is 4.79 Å². The molecule has 0 aliphatic rings. The Labute approximate surface area is 99.8 Å². The molecule has 0 unspecified atom stereocenters. The normalized spacial score (nSPS) is 11.4. The van der Waals surface area contributed by atoms with E-state index in [2.05, 4.69) is 5.10 Å². The molecule has 7 heteroatoms. The summed E-state index contributed by atoms with van der Waals surface area (Å²) < 4.78 is 23.7. The van der Waals surface area contributed by atoms with Crippen molar-refractivity contribution in [1.82, 2.24) is 9.78 Å². The Morgan fingerprint density at radius 2 is 2.12 bits per heavy atom. The first kappa shape index (κ1) is 13.5. The molecular formula is C10H15N3O3S. The molecule has 1 aromatic rings. The maximum atomic E-state index is 11.8. The van der Waals surface area contributed by atoms with E-state index in [1.807, 2.05) is 6.07 Å².